The highest BCUT2D eigenvalue weighted by Crippen LogP contribution is 2.26. The molecule has 1 aliphatic rings. The van der Waals surface area contributed by atoms with Gasteiger partial charge in [-0.1, -0.05) is 6.92 Å². The Balaban J connectivity index is 2.05. The van der Waals surface area contributed by atoms with Crippen LogP contribution in [0, 0.1) is 0 Å². The number of H-pyrrole nitrogens is 1. The third kappa shape index (κ3) is 3.64. The molecule has 1 aromatic rings. The fourth-order valence-corrected chi connectivity index (χ4v) is 4.18. The fraction of sp³-hybridized carbons (Fsp3) is 0.714. The van der Waals surface area contributed by atoms with Crippen molar-refractivity contribution >= 4 is 15.7 Å². The van der Waals surface area contributed by atoms with Gasteiger partial charge >= 0.3 is 0 Å². The van der Waals surface area contributed by atoms with Crippen LogP contribution in [-0.4, -0.2) is 53.5 Å². The summed E-state index contributed by atoms with van der Waals surface area (Å²) in [6.45, 7) is 4.51. The fourth-order valence-electron chi connectivity index (χ4n) is 2.80. The molecule has 2 atom stereocenters. The van der Waals surface area contributed by atoms with Gasteiger partial charge in [0.05, 0.1) is 5.75 Å². The number of hydrogen-bond donors (Lipinski definition) is 1. The predicted octanol–water partition coefficient (Wildman–Crippen LogP) is 1.33. The number of aromatic amines is 1. The third-order valence-corrected chi connectivity index (χ3v) is 6.33. The number of sulfone groups is 1. The predicted molar refractivity (Wildman–Crippen MR) is 80.7 cm³/mol. The molecule has 2 rings (SSSR count). The second kappa shape index (κ2) is 6.60. The lowest BCUT2D eigenvalue weighted by molar-refractivity contribution is -0.131. The molecule has 1 amide bonds. The number of hydrogen-bond acceptors (Lipinski definition) is 4. The van der Waals surface area contributed by atoms with Crippen LogP contribution in [0.5, 0.6) is 0 Å². The average molecular weight is 313 g/mol. The Kier molecular flexibility index (Phi) is 5.03. The van der Waals surface area contributed by atoms with Crippen LogP contribution in [0.15, 0.2) is 12.3 Å². The van der Waals surface area contributed by atoms with Crippen LogP contribution in [0.1, 0.15) is 44.7 Å². The van der Waals surface area contributed by atoms with Crippen molar-refractivity contribution in [1.82, 2.24) is 15.1 Å². The summed E-state index contributed by atoms with van der Waals surface area (Å²) in [6.07, 6.45) is 4.11. The molecule has 1 fully saturated rings. The van der Waals surface area contributed by atoms with Crippen molar-refractivity contribution in [2.75, 3.05) is 18.8 Å². The molecule has 0 saturated carbocycles. The summed E-state index contributed by atoms with van der Waals surface area (Å²) >= 11 is 0. The molecular formula is C14H23N3O3S. The van der Waals surface area contributed by atoms with E-state index in [1.54, 1.807) is 11.1 Å². The smallest absolute Gasteiger partial charge is 0.240 e. The molecule has 7 heteroatoms. The van der Waals surface area contributed by atoms with E-state index >= 15 is 0 Å². The summed E-state index contributed by atoms with van der Waals surface area (Å²) < 4.78 is 24.1. The maximum absolute atomic E-state index is 12.5. The molecule has 0 aliphatic carbocycles. The molecular weight excluding hydrogens is 290 g/mol. The van der Waals surface area contributed by atoms with E-state index in [1.165, 1.54) is 6.92 Å². The van der Waals surface area contributed by atoms with Crippen molar-refractivity contribution in [3.8, 4) is 0 Å². The monoisotopic (exact) mass is 313 g/mol. The molecule has 1 aliphatic heterocycles. The number of nitrogens with one attached hydrogen (secondary N) is 1. The summed E-state index contributed by atoms with van der Waals surface area (Å²) in [5.74, 6) is 0.0107. The Morgan fingerprint density at radius 2 is 2.33 bits per heavy atom. The Bertz CT molecular complexity index is 568. The van der Waals surface area contributed by atoms with Gasteiger partial charge in [0, 0.05) is 30.9 Å². The lowest BCUT2D eigenvalue weighted by Gasteiger charge is -2.33. The summed E-state index contributed by atoms with van der Waals surface area (Å²) in [5.41, 5.74) is 1.01. The zero-order chi connectivity index (χ0) is 15.5. The molecule has 118 valence electrons. The Morgan fingerprint density at radius 1 is 1.57 bits per heavy atom. The molecule has 0 unspecified atom stereocenters. The van der Waals surface area contributed by atoms with Gasteiger partial charge in [0.2, 0.25) is 5.91 Å². The minimum absolute atomic E-state index is 0.0672. The maximum atomic E-state index is 12.5. The van der Waals surface area contributed by atoms with Gasteiger partial charge in [-0.05, 0) is 32.3 Å². The highest BCUT2D eigenvalue weighted by molar-refractivity contribution is 7.92. The molecule has 1 saturated heterocycles. The van der Waals surface area contributed by atoms with Crippen molar-refractivity contribution < 1.29 is 13.2 Å². The minimum atomic E-state index is -3.34. The summed E-state index contributed by atoms with van der Waals surface area (Å²) in [6, 6.07) is 1.91. The van der Waals surface area contributed by atoms with Crippen LogP contribution in [0.3, 0.4) is 0 Å². The highest BCUT2D eigenvalue weighted by Gasteiger charge is 2.33. The van der Waals surface area contributed by atoms with Crippen LogP contribution in [0.4, 0.5) is 0 Å². The van der Waals surface area contributed by atoms with Crippen LogP contribution in [0.25, 0.3) is 0 Å². The molecule has 0 radical (unpaired) electrons. The number of piperidine rings is 1. The minimum Gasteiger partial charge on any atom is -0.341 e. The van der Waals surface area contributed by atoms with E-state index in [9.17, 15) is 13.2 Å². The lowest BCUT2D eigenvalue weighted by atomic mass is 9.95. The largest absolute Gasteiger partial charge is 0.341 e. The van der Waals surface area contributed by atoms with Crippen molar-refractivity contribution in [1.29, 1.82) is 0 Å². The van der Waals surface area contributed by atoms with E-state index in [2.05, 4.69) is 10.2 Å². The average Bonchev–Trinajstić information content (AvgIpc) is 3.00. The van der Waals surface area contributed by atoms with E-state index in [0.29, 0.717) is 19.5 Å². The number of amides is 1. The van der Waals surface area contributed by atoms with Gasteiger partial charge in [0.15, 0.2) is 9.84 Å². The molecule has 2 heterocycles. The molecule has 21 heavy (non-hydrogen) atoms. The molecule has 0 bridgehead atoms. The normalized spacial score (nSPS) is 21.2. The van der Waals surface area contributed by atoms with Crippen molar-refractivity contribution in [2.45, 2.75) is 44.3 Å². The summed E-state index contributed by atoms with van der Waals surface area (Å²) in [4.78, 5) is 14.1. The quantitative estimate of drug-likeness (QED) is 0.889. The number of carbonyl (C=O) groups excluding carboxylic acids is 1. The molecule has 1 N–H and O–H groups in total. The Hall–Kier alpha value is -1.37. The number of aromatic nitrogens is 2. The van der Waals surface area contributed by atoms with E-state index in [-0.39, 0.29) is 17.6 Å². The van der Waals surface area contributed by atoms with Crippen LogP contribution < -0.4 is 0 Å². The maximum Gasteiger partial charge on any atom is 0.240 e. The van der Waals surface area contributed by atoms with E-state index in [4.69, 9.17) is 0 Å². The second-order valence-corrected chi connectivity index (χ2v) is 8.09. The van der Waals surface area contributed by atoms with Gasteiger partial charge in [-0.3, -0.25) is 9.89 Å². The number of nitrogens with zero attached hydrogens (tertiary/aromatic N) is 2. The Labute approximate surface area is 125 Å². The van der Waals surface area contributed by atoms with Gasteiger partial charge in [0.25, 0.3) is 0 Å². The molecule has 1 aromatic heterocycles. The van der Waals surface area contributed by atoms with Gasteiger partial charge in [0.1, 0.15) is 5.25 Å². The van der Waals surface area contributed by atoms with Gasteiger partial charge in [-0.15, -0.1) is 0 Å². The van der Waals surface area contributed by atoms with E-state index < -0.39 is 15.1 Å². The highest BCUT2D eigenvalue weighted by atomic mass is 32.2. The zero-order valence-corrected chi connectivity index (χ0v) is 13.4. The van der Waals surface area contributed by atoms with Gasteiger partial charge < -0.3 is 4.90 Å². The zero-order valence-electron chi connectivity index (χ0n) is 12.6. The topological polar surface area (TPSA) is 83.1 Å². The van der Waals surface area contributed by atoms with E-state index in [0.717, 1.165) is 18.5 Å². The van der Waals surface area contributed by atoms with Gasteiger partial charge in [-0.25, -0.2) is 8.42 Å². The van der Waals surface area contributed by atoms with E-state index in [1.807, 2.05) is 13.0 Å². The second-order valence-electron chi connectivity index (χ2n) is 5.64. The summed E-state index contributed by atoms with van der Waals surface area (Å²) in [7, 11) is -3.34. The number of rotatable bonds is 5. The third-order valence-electron chi connectivity index (χ3n) is 4.07. The first-order valence-corrected chi connectivity index (χ1v) is 9.17. The first-order chi connectivity index (χ1) is 9.95. The molecule has 0 spiro atoms. The number of likely N-dealkylation sites (tertiary alicyclic amines) is 1. The Morgan fingerprint density at radius 3 is 2.95 bits per heavy atom. The first kappa shape index (κ1) is 16.0. The van der Waals surface area contributed by atoms with Crippen molar-refractivity contribution in [3.05, 3.63) is 18.0 Å². The van der Waals surface area contributed by atoms with Crippen molar-refractivity contribution in [3.63, 3.8) is 0 Å². The standard InChI is InChI=1S/C14H23N3O3S/c1-3-9-21(19,20)11(2)14(18)17-8-4-5-12(10-17)13-6-7-15-16-13/h6-7,11-12H,3-5,8-10H2,1-2H3,(H,15,16)/t11-,12+/m1/s1. The number of carbonyl (C=O) groups is 1. The van der Waals surface area contributed by atoms with Crippen LogP contribution in [0.2, 0.25) is 0 Å². The van der Waals surface area contributed by atoms with Gasteiger partial charge in [-0.2, -0.15) is 5.10 Å². The summed E-state index contributed by atoms with van der Waals surface area (Å²) in [5, 5.41) is 5.94. The SMILES string of the molecule is CCCS(=O)(=O)[C@H](C)C(=O)N1CCC[C@H](c2ccn[nH]2)C1. The molecule has 6 nitrogen and oxygen atoms in total. The molecule has 0 aromatic carbocycles. The van der Waals surface area contributed by atoms with Crippen LogP contribution >= 0.6 is 0 Å². The lowest BCUT2D eigenvalue weighted by Crippen LogP contribution is -2.46. The first-order valence-electron chi connectivity index (χ1n) is 7.45. The van der Waals surface area contributed by atoms with Crippen LogP contribution in [-0.2, 0) is 14.6 Å². The van der Waals surface area contributed by atoms with Crippen molar-refractivity contribution in [2.24, 2.45) is 0 Å².